The Kier molecular flexibility index (Phi) is 4.94. The van der Waals surface area contributed by atoms with Crippen LogP contribution >= 0.6 is 0 Å². The molecule has 0 atom stereocenters. The average Bonchev–Trinajstić information content (AvgIpc) is 3.31. The first kappa shape index (κ1) is 17.5. The maximum atomic E-state index is 14.7. The predicted octanol–water partition coefficient (Wildman–Crippen LogP) is 4.25. The quantitative estimate of drug-likeness (QED) is 0.772. The van der Waals surface area contributed by atoms with Gasteiger partial charge in [-0.25, -0.2) is 4.39 Å². The Morgan fingerprint density at radius 3 is 2.65 bits per heavy atom. The second-order valence-electron chi connectivity index (χ2n) is 7.74. The van der Waals surface area contributed by atoms with Crippen LogP contribution in [0.2, 0.25) is 0 Å². The van der Waals surface area contributed by atoms with Crippen LogP contribution < -0.4 is 4.74 Å². The number of hydrogen-bond acceptors (Lipinski definition) is 5. The van der Waals surface area contributed by atoms with Gasteiger partial charge in [0.05, 0.1) is 6.10 Å². The minimum absolute atomic E-state index is 0.207. The SMILES string of the molecule is CC(C)c1nc(C2CCN(Cc3cccc(OC4CC4)c3F)CC2)no1. The van der Waals surface area contributed by atoms with Crippen LogP contribution in [0.3, 0.4) is 0 Å². The molecule has 140 valence electrons. The summed E-state index contributed by atoms with van der Waals surface area (Å²) in [7, 11) is 0. The molecule has 0 radical (unpaired) electrons. The van der Waals surface area contributed by atoms with Crippen molar-refractivity contribution in [3.8, 4) is 5.75 Å². The summed E-state index contributed by atoms with van der Waals surface area (Å²) in [6, 6.07) is 5.47. The number of halogens is 1. The summed E-state index contributed by atoms with van der Waals surface area (Å²) in [5.41, 5.74) is 0.711. The fraction of sp³-hybridized carbons (Fsp3) is 0.600. The highest BCUT2D eigenvalue weighted by molar-refractivity contribution is 5.31. The molecular formula is C20H26FN3O2. The van der Waals surface area contributed by atoms with Crippen molar-refractivity contribution >= 4 is 0 Å². The summed E-state index contributed by atoms with van der Waals surface area (Å²) in [5, 5.41) is 4.15. The Labute approximate surface area is 153 Å². The molecule has 0 amide bonds. The molecule has 1 aliphatic carbocycles. The van der Waals surface area contributed by atoms with Crippen molar-refractivity contribution < 1.29 is 13.7 Å². The Morgan fingerprint density at radius 1 is 1.23 bits per heavy atom. The molecule has 2 aliphatic rings. The van der Waals surface area contributed by atoms with Crippen molar-refractivity contribution in [3.63, 3.8) is 0 Å². The lowest BCUT2D eigenvalue weighted by Crippen LogP contribution is -2.33. The van der Waals surface area contributed by atoms with Crippen LogP contribution in [0.15, 0.2) is 22.7 Å². The number of piperidine rings is 1. The van der Waals surface area contributed by atoms with Crippen LogP contribution in [0, 0.1) is 5.82 Å². The largest absolute Gasteiger partial charge is 0.487 e. The second-order valence-corrected chi connectivity index (χ2v) is 7.74. The highest BCUT2D eigenvalue weighted by atomic mass is 19.1. The summed E-state index contributed by atoms with van der Waals surface area (Å²) >= 11 is 0. The van der Waals surface area contributed by atoms with Gasteiger partial charge in [-0.1, -0.05) is 31.1 Å². The molecule has 2 aromatic rings. The molecule has 1 aromatic carbocycles. The van der Waals surface area contributed by atoms with E-state index >= 15 is 0 Å². The molecule has 4 rings (SSSR count). The Hall–Kier alpha value is -1.95. The van der Waals surface area contributed by atoms with Gasteiger partial charge in [0.1, 0.15) is 0 Å². The van der Waals surface area contributed by atoms with Gasteiger partial charge in [-0.3, -0.25) is 4.90 Å². The Morgan fingerprint density at radius 2 is 2.00 bits per heavy atom. The zero-order chi connectivity index (χ0) is 18.1. The number of hydrogen-bond donors (Lipinski definition) is 0. The smallest absolute Gasteiger partial charge is 0.229 e. The van der Waals surface area contributed by atoms with E-state index in [0.717, 1.165) is 44.6 Å². The summed E-state index contributed by atoms with van der Waals surface area (Å²) < 4.78 is 25.6. The monoisotopic (exact) mass is 359 g/mol. The maximum Gasteiger partial charge on any atom is 0.229 e. The molecule has 2 heterocycles. The lowest BCUT2D eigenvalue weighted by atomic mass is 9.95. The van der Waals surface area contributed by atoms with E-state index in [1.807, 2.05) is 12.1 Å². The lowest BCUT2D eigenvalue weighted by Gasteiger charge is -2.30. The van der Waals surface area contributed by atoms with Gasteiger partial charge in [-0.05, 0) is 44.8 Å². The van der Waals surface area contributed by atoms with Crippen molar-refractivity contribution in [2.24, 2.45) is 0 Å². The first-order chi connectivity index (χ1) is 12.6. The number of rotatable bonds is 6. The number of aromatic nitrogens is 2. The van der Waals surface area contributed by atoms with Gasteiger partial charge in [0.25, 0.3) is 0 Å². The molecule has 1 aliphatic heterocycles. The minimum atomic E-state index is -0.207. The summed E-state index contributed by atoms with van der Waals surface area (Å²) in [6.45, 7) is 6.53. The number of ether oxygens (including phenoxy) is 1. The standard InChI is InChI=1S/C20H26FN3O2/c1-13(2)20-22-19(23-26-20)14-8-10-24(11-9-14)12-15-4-3-5-17(18(15)21)25-16-6-7-16/h3-5,13-14,16H,6-12H2,1-2H3. The van der Waals surface area contributed by atoms with Gasteiger partial charge in [0, 0.05) is 23.9 Å². The maximum absolute atomic E-state index is 14.7. The lowest BCUT2D eigenvalue weighted by molar-refractivity contribution is 0.196. The second kappa shape index (κ2) is 7.35. The number of benzene rings is 1. The van der Waals surface area contributed by atoms with Crippen molar-refractivity contribution in [1.29, 1.82) is 0 Å². The summed E-state index contributed by atoms with van der Waals surface area (Å²) in [6.07, 6.45) is 4.21. The van der Waals surface area contributed by atoms with Gasteiger partial charge < -0.3 is 9.26 Å². The van der Waals surface area contributed by atoms with E-state index in [1.54, 1.807) is 6.07 Å². The molecule has 0 bridgehead atoms. The molecular weight excluding hydrogens is 333 g/mol. The highest BCUT2D eigenvalue weighted by Crippen LogP contribution is 2.31. The minimum Gasteiger partial charge on any atom is -0.487 e. The van der Waals surface area contributed by atoms with Crippen LogP contribution in [0.4, 0.5) is 4.39 Å². The third-order valence-corrected chi connectivity index (χ3v) is 5.16. The van der Waals surface area contributed by atoms with Crippen LogP contribution in [-0.4, -0.2) is 34.2 Å². The van der Waals surface area contributed by atoms with Crippen molar-refractivity contribution in [2.45, 2.75) is 64.0 Å². The van der Waals surface area contributed by atoms with Gasteiger partial charge in [-0.2, -0.15) is 4.98 Å². The Balaban J connectivity index is 1.35. The van der Waals surface area contributed by atoms with Crippen molar-refractivity contribution in [3.05, 3.63) is 41.3 Å². The summed E-state index contributed by atoms with van der Waals surface area (Å²) in [4.78, 5) is 6.82. The van der Waals surface area contributed by atoms with Crippen LogP contribution in [-0.2, 0) is 6.54 Å². The summed E-state index contributed by atoms with van der Waals surface area (Å²) in [5.74, 6) is 2.30. The third-order valence-electron chi connectivity index (χ3n) is 5.16. The predicted molar refractivity (Wildman–Crippen MR) is 95.7 cm³/mol. The van der Waals surface area contributed by atoms with Crippen LogP contribution in [0.25, 0.3) is 0 Å². The van der Waals surface area contributed by atoms with E-state index < -0.39 is 0 Å². The van der Waals surface area contributed by atoms with E-state index in [-0.39, 0.29) is 17.8 Å². The zero-order valence-corrected chi connectivity index (χ0v) is 15.4. The highest BCUT2D eigenvalue weighted by Gasteiger charge is 2.27. The molecule has 2 fully saturated rings. The van der Waals surface area contributed by atoms with Crippen LogP contribution in [0.1, 0.15) is 68.6 Å². The molecule has 0 N–H and O–H groups in total. The molecule has 6 heteroatoms. The molecule has 5 nitrogen and oxygen atoms in total. The Bertz CT molecular complexity index is 749. The first-order valence-electron chi connectivity index (χ1n) is 9.60. The van der Waals surface area contributed by atoms with Gasteiger partial charge in [0.15, 0.2) is 17.4 Å². The topological polar surface area (TPSA) is 51.4 Å². The van der Waals surface area contributed by atoms with Crippen molar-refractivity contribution in [1.82, 2.24) is 15.0 Å². The van der Waals surface area contributed by atoms with Crippen LogP contribution in [0.5, 0.6) is 5.75 Å². The zero-order valence-electron chi connectivity index (χ0n) is 15.4. The fourth-order valence-corrected chi connectivity index (χ4v) is 3.37. The number of nitrogens with zero attached hydrogens (tertiary/aromatic N) is 3. The molecule has 1 saturated heterocycles. The van der Waals surface area contributed by atoms with E-state index in [2.05, 4.69) is 28.9 Å². The fourth-order valence-electron chi connectivity index (χ4n) is 3.37. The average molecular weight is 359 g/mol. The first-order valence-corrected chi connectivity index (χ1v) is 9.60. The van der Waals surface area contributed by atoms with E-state index in [9.17, 15) is 4.39 Å². The number of likely N-dealkylation sites (tertiary alicyclic amines) is 1. The molecule has 0 spiro atoms. The van der Waals surface area contributed by atoms with E-state index in [1.165, 1.54) is 0 Å². The molecule has 1 saturated carbocycles. The molecule has 0 unspecified atom stereocenters. The van der Waals surface area contributed by atoms with Gasteiger partial charge >= 0.3 is 0 Å². The normalized spacial score (nSPS) is 19.2. The van der Waals surface area contributed by atoms with Crippen molar-refractivity contribution in [2.75, 3.05) is 13.1 Å². The third kappa shape index (κ3) is 3.90. The van der Waals surface area contributed by atoms with E-state index in [4.69, 9.17) is 9.26 Å². The molecule has 1 aromatic heterocycles. The van der Waals surface area contributed by atoms with Gasteiger partial charge in [-0.15, -0.1) is 0 Å². The van der Waals surface area contributed by atoms with E-state index in [0.29, 0.717) is 29.7 Å². The molecule has 26 heavy (non-hydrogen) atoms. The van der Waals surface area contributed by atoms with Gasteiger partial charge in [0.2, 0.25) is 5.89 Å².